The van der Waals surface area contributed by atoms with Gasteiger partial charge in [0.1, 0.15) is 0 Å². The third kappa shape index (κ3) is 4.93. The smallest absolute Gasteiger partial charge is 0.398 e. The third-order valence-electron chi connectivity index (χ3n) is 2.83. The molecule has 7 heteroatoms. The van der Waals surface area contributed by atoms with Crippen LogP contribution < -0.4 is 11.1 Å². The van der Waals surface area contributed by atoms with Gasteiger partial charge in [-0.15, -0.1) is 0 Å². The van der Waals surface area contributed by atoms with E-state index >= 15 is 0 Å². The molecule has 0 unspecified atom stereocenters. The number of ether oxygens (including phenoxy) is 1. The number of carbonyl (C=O) groups excluding carboxylic acids is 1. The Kier molecular flexibility index (Phi) is 5.22. The van der Waals surface area contributed by atoms with Crippen molar-refractivity contribution in [2.45, 2.75) is 32.5 Å². The van der Waals surface area contributed by atoms with E-state index in [0.29, 0.717) is 6.61 Å². The molecule has 0 atom stereocenters. The zero-order valence-corrected chi connectivity index (χ0v) is 12.2. The first-order chi connectivity index (χ1) is 9.57. The van der Waals surface area contributed by atoms with E-state index in [-0.39, 0.29) is 17.8 Å². The number of anilines is 1. The Morgan fingerprint density at radius 2 is 1.95 bits per heavy atom. The summed E-state index contributed by atoms with van der Waals surface area (Å²) in [5.74, 6) is -0.661. The number of amides is 1. The Morgan fingerprint density at radius 1 is 1.33 bits per heavy atom. The zero-order valence-electron chi connectivity index (χ0n) is 12.2. The van der Waals surface area contributed by atoms with Crippen molar-refractivity contribution in [3.63, 3.8) is 0 Å². The quantitative estimate of drug-likeness (QED) is 0.822. The number of alkyl halides is 3. The minimum atomic E-state index is -4.52. The predicted molar refractivity (Wildman–Crippen MR) is 73.9 cm³/mol. The number of hydrogen-bond acceptors (Lipinski definition) is 3. The lowest BCUT2D eigenvalue weighted by molar-refractivity contribution is -0.137. The van der Waals surface area contributed by atoms with Crippen molar-refractivity contribution in [1.82, 2.24) is 5.32 Å². The highest BCUT2D eigenvalue weighted by molar-refractivity contribution is 5.99. The second-order valence-electron chi connectivity index (χ2n) is 5.18. The van der Waals surface area contributed by atoms with Crippen LogP contribution in [-0.2, 0) is 10.9 Å². The predicted octanol–water partition coefficient (Wildman–Crippen LogP) is 2.83. The summed E-state index contributed by atoms with van der Waals surface area (Å²) in [5.41, 5.74) is 3.85. The SMILES string of the molecule is CCOC(C)(C)CNC(=O)c1cc(C(F)(F)F)ccc1N. The van der Waals surface area contributed by atoms with Crippen LogP contribution in [0.1, 0.15) is 36.7 Å². The number of nitrogens with two attached hydrogens (primary N) is 1. The van der Waals surface area contributed by atoms with E-state index in [1.807, 2.05) is 6.92 Å². The number of nitrogen functional groups attached to an aromatic ring is 1. The largest absolute Gasteiger partial charge is 0.416 e. The number of halogens is 3. The Bertz CT molecular complexity index is 513. The average molecular weight is 304 g/mol. The standard InChI is InChI=1S/C14H19F3N2O2/c1-4-21-13(2,3)8-19-12(20)10-7-9(14(15,16)17)5-6-11(10)18/h5-7H,4,8,18H2,1-3H3,(H,19,20). The average Bonchev–Trinajstić information content (AvgIpc) is 2.35. The molecular formula is C14H19F3N2O2. The van der Waals surface area contributed by atoms with Crippen molar-refractivity contribution in [2.24, 2.45) is 0 Å². The fourth-order valence-electron chi connectivity index (χ4n) is 1.76. The molecule has 1 amide bonds. The zero-order chi connectivity index (χ0) is 16.3. The van der Waals surface area contributed by atoms with Crippen molar-refractivity contribution in [3.05, 3.63) is 29.3 Å². The van der Waals surface area contributed by atoms with Crippen molar-refractivity contribution < 1.29 is 22.7 Å². The molecule has 0 aliphatic rings. The summed E-state index contributed by atoms with van der Waals surface area (Å²) in [7, 11) is 0. The Hall–Kier alpha value is -1.76. The van der Waals surface area contributed by atoms with Gasteiger partial charge < -0.3 is 15.8 Å². The second kappa shape index (κ2) is 6.34. The van der Waals surface area contributed by atoms with Gasteiger partial charge in [0, 0.05) is 18.8 Å². The molecule has 0 spiro atoms. The van der Waals surface area contributed by atoms with Crippen molar-refractivity contribution in [3.8, 4) is 0 Å². The molecule has 0 aromatic heterocycles. The molecule has 1 aromatic rings. The summed E-state index contributed by atoms with van der Waals surface area (Å²) in [6, 6.07) is 2.67. The maximum Gasteiger partial charge on any atom is 0.416 e. The van der Waals surface area contributed by atoms with Gasteiger partial charge in [0.2, 0.25) is 0 Å². The lowest BCUT2D eigenvalue weighted by Gasteiger charge is -2.25. The Balaban J connectivity index is 2.88. The summed E-state index contributed by atoms with van der Waals surface area (Å²) < 4.78 is 43.3. The molecule has 21 heavy (non-hydrogen) atoms. The van der Waals surface area contributed by atoms with E-state index in [9.17, 15) is 18.0 Å². The molecule has 0 saturated heterocycles. The topological polar surface area (TPSA) is 64.3 Å². The highest BCUT2D eigenvalue weighted by atomic mass is 19.4. The molecule has 118 valence electrons. The van der Waals surface area contributed by atoms with E-state index in [2.05, 4.69) is 5.32 Å². The highest BCUT2D eigenvalue weighted by Crippen LogP contribution is 2.31. The van der Waals surface area contributed by atoms with Crippen LogP contribution in [0, 0.1) is 0 Å². The number of rotatable bonds is 5. The van der Waals surface area contributed by atoms with E-state index in [0.717, 1.165) is 18.2 Å². The molecule has 0 bridgehead atoms. The summed E-state index contributed by atoms with van der Waals surface area (Å²) in [4.78, 5) is 12.0. The minimum Gasteiger partial charge on any atom is -0.398 e. The Morgan fingerprint density at radius 3 is 2.48 bits per heavy atom. The van der Waals surface area contributed by atoms with E-state index in [4.69, 9.17) is 10.5 Å². The molecule has 1 aromatic carbocycles. The normalized spacial score (nSPS) is 12.3. The molecule has 0 heterocycles. The number of carbonyl (C=O) groups is 1. The number of nitrogens with one attached hydrogen (secondary N) is 1. The van der Waals surface area contributed by atoms with Gasteiger partial charge in [0.25, 0.3) is 5.91 Å². The Labute approximate surface area is 121 Å². The summed E-state index contributed by atoms with van der Waals surface area (Å²) in [6.07, 6.45) is -4.52. The van der Waals surface area contributed by atoms with E-state index in [1.54, 1.807) is 13.8 Å². The number of hydrogen-bond donors (Lipinski definition) is 2. The third-order valence-corrected chi connectivity index (χ3v) is 2.83. The van der Waals surface area contributed by atoms with Gasteiger partial charge in [0.15, 0.2) is 0 Å². The lowest BCUT2D eigenvalue weighted by atomic mass is 10.1. The molecule has 0 aliphatic carbocycles. The fraction of sp³-hybridized carbons (Fsp3) is 0.500. The maximum atomic E-state index is 12.6. The van der Waals surface area contributed by atoms with Crippen molar-refractivity contribution >= 4 is 11.6 Å². The first-order valence-electron chi connectivity index (χ1n) is 6.45. The van der Waals surface area contributed by atoms with Crippen LogP contribution in [0.25, 0.3) is 0 Å². The highest BCUT2D eigenvalue weighted by Gasteiger charge is 2.31. The second-order valence-corrected chi connectivity index (χ2v) is 5.18. The molecule has 3 N–H and O–H groups in total. The molecular weight excluding hydrogens is 285 g/mol. The van der Waals surface area contributed by atoms with Crippen LogP contribution >= 0.6 is 0 Å². The van der Waals surface area contributed by atoms with Crippen LogP contribution in [0.4, 0.5) is 18.9 Å². The van der Waals surface area contributed by atoms with Crippen molar-refractivity contribution in [1.29, 1.82) is 0 Å². The summed E-state index contributed by atoms with van der Waals surface area (Å²) in [5, 5.41) is 2.53. The molecule has 0 fully saturated rings. The van der Waals surface area contributed by atoms with Crippen LogP contribution in [0.2, 0.25) is 0 Å². The van der Waals surface area contributed by atoms with Crippen molar-refractivity contribution in [2.75, 3.05) is 18.9 Å². The van der Waals surface area contributed by atoms with Crippen LogP contribution in [0.3, 0.4) is 0 Å². The van der Waals surface area contributed by atoms with Gasteiger partial charge in [-0.3, -0.25) is 4.79 Å². The number of benzene rings is 1. The molecule has 0 radical (unpaired) electrons. The maximum absolute atomic E-state index is 12.6. The minimum absolute atomic E-state index is 0.00489. The fourth-order valence-corrected chi connectivity index (χ4v) is 1.76. The van der Waals surface area contributed by atoms with Crippen LogP contribution in [-0.4, -0.2) is 24.7 Å². The van der Waals surface area contributed by atoms with Gasteiger partial charge in [-0.1, -0.05) is 0 Å². The molecule has 0 saturated carbocycles. The van der Waals surface area contributed by atoms with E-state index < -0.39 is 23.2 Å². The van der Waals surface area contributed by atoms with Crippen LogP contribution in [0.5, 0.6) is 0 Å². The van der Waals surface area contributed by atoms with Gasteiger partial charge in [-0.2, -0.15) is 13.2 Å². The lowest BCUT2D eigenvalue weighted by Crippen LogP contribution is -2.40. The van der Waals surface area contributed by atoms with Gasteiger partial charge in [-0.05, 0) is 39.0 Å². The molecule has 4 nitrogen and oxygen atoms in total. The summed E-state index contributed by atoms with van der Waals surface area (Å²) >= 11 is 0. The van der Waals surface area contributed by atoms with Crippen LogP contribution in [0.15, 0.2) is 18.2 Å². The van der Waals surface area contributed by atoms with Gasteiger partial charge in [0.05, 0.1) is 16.7 Å². The van der Waals surface area contributed by atoms with Gasteiger partial charge in [-0.25, -0.2) is 0 Å². The van der Waals surface area contributed by atoms with Gasteiger partial charge >= 0.3 is 6.18 Å². The first kappa shape index (κ1) is 17.3. The first-order valence-corrected chi connectivity index (χ1v) is 6.45. The molecule has 1 rings (SSSR count). The monoisotopic (exact) mass is 304 g/mol. The van der Waals surface area contributed by atoms with E-state index in [1.165, 1.54) is 0 Å². The summed E-state index contributed by atoms with van der Waals surface area (Å²) in [6.45, 7) is 5.98. The molecule has 0 aliphatic heterocycles.